The summed E-state index contributed by atoms with van der Waals surface area (Å²) in [6, 6.07) is 21.0. The van der Waals surface area contributed by atoms with Crippen LogP contribution >= 0.6 is 0 Å². The fourth-order valence-electron chi connectivity index (χ4n) is 2.02. The number of hydrogen-bond acceptors (Lipinski definition) is 3. The summed E-state index contributed by atoms with van der Waals surface area (Å²) >= 11 is 0. The van der Waals surface area contributed by atoms with Gasteiger partial charge in [0.15, 0.2) is 0 Å². The molecule has 0 unspecified atom stereocenters. The fraction of sp³-hybridized carbons (Fsp3) is 0.235. The zero-order valence-corrected chi connectivity index (χ0v) is 11.6. The topological polar surface area (TPSA) is 29.5 Å². The standard InChI is InChI=1S/C17H18NO2/c1-20-17(19)12-13-18(16-10-6-3-7-11-16)14-15-8-4-2-5-9-15/h2,4-11H,12-14H2,1H3. The molecule has 0 N–H and O–H groups in total. The molecule has 0 aliphatic rings. The number of carbonyl (C=O) groups is 1. The molecule has 1 radical (unpaired) electrons. The van der Waals surface area contributed by atoms with Crippen molar-refractivity contribution < 1.29 is 9.53 Å². The predicted molar refractivity (Wildman–Crippen MR) is 79.4 cm³/mol. The number of esters is 1. The molecule has 0 bridgehead atoms. The van der Waals surface area contributed by atoms with E-state index < -0.39 is 0 Å². The van der Waals surface area contributed by atoms with Crippen LogP contribution in [0.5, 0.6) is 0 Å². The lowest BCUT2D eigenvalue weighted by Crippen LogP contribution is -2.26. The normalized spacial score (nSPS) is 10.1. The van der Waals surface area contributed by atoms with Crippen LogP contribution in [-0.2, 0) is 16.1 Å². The average molecular weight is 268 g/mol. The number of rotatable bonds is 6. The number of methoxy groups -OCH3 is 1. The number of nitrogens with zero attached hydrogens (tertiary/aromatic N) is 1. The van der Waals surface area contributed by atoms with E-state index in [1.165, 1.54) is 12.7 Å². The van der Waals surface area contributed by atoms with Crippen LogP contribution in [0.1, 0.15) is 12.0 Å². The molecule has 0 heterocycles. The Labute approximate surface area is 119 Å². The summed E-state index contributed by atoms with van der Waals surface area (Å²) in [5, 5.41) is 0. The van der Waals surface area contributed by atoms with Crippen LogP contribution in [0.3, 0.4) is 0 Å². The Morgan fingerprint density at radius 3 is 2.50 bits per heavy atom. The van der Waals surface area contributed by atoms with E-state index in [0.717, 1.165) is 12.2 Å². The lowest BCUT2D eigenvalue weighted by atomic mass is 10.2. The first-order chi connectivity index (χ1) is 9.79. The summed E-state index contributed by atoms with van der Waals surface area (Å²) in [4.78, 5) is 13.5. The highest BCUT2D eigenvalue weighted by Crippen LogP contribution is 2.17. The number of benzene rings is 2. The minimum Gasteiger partial charge on any atom is -0.469 e. The van der Waals surface area contributed by atoms with E-state index >= 15 is 0 Å². The molecule has 2 aromatic carbocycles. The van der Waals surface area contributed by atoms with Gasteiger partial charge in [0, 0.05) is 18.8 Å². The first-order valence-electron chi connectivity index (χ1n) is 6.61. The number of ether oxygens (including phenoxy) is 1. The maximum Gasteiger partial charge on any atom is 0.307 e. The summed E-state index contributed by atoms with van der Waals surface area (Å²) in [6.07, 6.45) is 0.377. The molecule has 0 fully saturated rings. The van der Waals surface area contributed by atoms with Crippen LogP contribution in [0, 0.1) is 6.07 Å². The summed E-state index contributed by atoms with van der Waals surface area (Å²) in [5.41, 5.74) is 2.29. The first-order valence-corrected chi connectivity index (χ1v) is 6.61. The second-order valence-corrected chi connectivity index (χ2v) is 4.49. The Balaban J connectivity index is 2.10. The molecule has 3 heteroatoms. The molecule has 2 rings (SSSR count). The molecule has 0 aliphatic carbocycles. The van der Waals surface area contributed by atoms with Crippen molar-refractivity contribution in [2.45, 2.75) is 13.0 Å². The van der Waals surface area contributed by atoms with E-state index in [1.54, 1.807) is 0 Å². The molecule has 103 valence electrons. The smallest absolute Gasteiger partial charge is 0.307 e. The van der Waals surface area contributed by atoms with Gasteiger partial charge in [-0.1, -0.05) is 42.5 Å². The van der Waals surface area contributed by atoms with Crippen LogP contribution in [0.4, 0.5) is 5.69 Å². The molecular formula is C17H18NO2. The largest absolute Gasteiger partial charge is 0.469 e. The molecule has 2 aromatic rings. The van der Waals surface area contributed by atoms with Gasteiger partial charge in [-0.2, -0.15) is 0 Å². The zero-order chi connectivity index (χ0) is 14.2. The summed E-state index contributed by atoms with van der Waals surface area (Å²) in [7, 11) is 1.42. The fourth-order valence-corrected chi connectivity index (χ4v) is 2.02. The molecule has 3 nitrogen and oxygen atoms in total. The minimum absolute atomic E-state index is 0.189. The third kappa shape index (κ3) is 4.12. The van der Waals surface area contributed by atoms with E-state index in [-0.39, 0.29) is 5.97 Å². The van der Waals surface area contributed by atoms with E-state index in [0.29, 0.717) is 13.0 Å². The molecule has 0 saturated heterocycles. The molecular weight excluding hydrogens is 250 g/mol. The highest BCUT2D eigenvalue weighted by atomic mass is 16.5. The zero-order valence-electron chi connectivity index (χ0n) is 11.6. The van der Waals surface area contributed by atoms with Crippen LogP contribution in [0.25, 0.3) is 0 Å². The van der Waals surface area contributed by atoms with Crippen LogP contribution < -0.4 is 4.90 Å². The Hall–Kier alpha value is -2.29. The van der Waals surface area contributed by atoms with Gasteiger partial charge in [-0.3, -0.25) is 4.79 Å². The van der Waals surface area contributed by atoms with E-state index in [9.17, 15) is 4.79 Å². The van der Waals surface area contributed by atoms with Crippen molar-refractivity contribution in [1.29, 1.82) is 0 Å². The second-order valence-electron chi connectivity index (χ2n) is 4.49. The Bertz CT molecular complexity index is 525. The third-order valence-electron chi connectivity index (χ3n) is 3.10. The van der Waals surface area contributed by atoms with Crippen LogP contribution in [-0.4, -0.2) is 19.6 Å². The molecule has 20 heavy (non-hydrogen) atoms. The van der Waals surface area contributed by atoms with Crippen LogP contribution in [0.2, 0.25) is 0 Å². The lowest BCUT2D eigenvalue weighted by Gasteiger charge is -2.24. The number of anilines is 1. The Morgan fingerprint density at radius 1 is 1.15 bits per heavy atom. The summed E-state index contributed by atoms with van der Waals surface area (Å²) in [5.74, 6) is -0.189. The highest BCUT2D eigenvalue weighted by molar-refractivity contribution is 5.70. The van der Waals surface area contributed by atoms with Gasteiger partial charge >= 0.3 is 5.97 Å². The molecule has 0 aliphatic heterocycles. The quantitative estimate of drug-likeness (QED) is 0.754. The van der Waals surface area contributed by atoms with Gasteiger partial charge in [0.25, 0.3) is 0 Å². The SMILES string of the molecule is COC(=O)CCN(Cc1ccccc1)c1cc[c]cc1. The van der Waals surface area contributed by atoms with Gasteiger partial charge in [0.2, 0.25) is 0 Å². The maximum absolute atomic E-state index is 11.3. The molecule has 0 spiro atoms. The summed E-state index contributed by atoms with van der Waals surface area (Å²) < 4.78 is 4.71. The predicted octanol–water partition coefficient (Wildman–Crippen LogP) is 3.06. The second kappa shape index (κ2) is 7.34. The van der Waals surface area contributed by atoms with Crippen LogP contribution in [0.15, 0.2) is 54.6 Å². The number of carbonyl (C=O) groups excluding carboxylic acids is 1. The first kappa shape index (κ1) is 14.1. The van der Waals surface area contributed by atoms with Crippen molar-refractivity contribution in [2.75, 3.05) is 18.6 Å². The minimum atomic E-state index is -0.189. The molecule has 0 amide bonds. The van der Waals surface area contributed by atoms with Gasteiger partial charge in [0.1, 0.15) is 0 Å². The van der Waals surface area contributed by atoms with Crippen molar-refractivity contribution in [1.82, 2.24) is 0 Å². The van der Waals surface area contributed by atoms with Gasteiger partial charge in [-0.15, -0.1) is 0 Å². The van der Waals surface area contributed by atoms with Crippen molar-refractivity contribution in [3.63, 3.8) is 0 Å². The van der Waals surface area contributed by atoms with E-state index in [1.807, 2.05) is 42.5 Å². The molecule has 0 atom stereocenters. The van der Waals surface area contributed by atoms with Crippen molar-refractivity contribution in [3.05, 3.63) is 66.2 Å². The van der Waals surface area contributed by atoms with Crippen molar-refractivity contribution in [2.24, 2.45) is 0 Å². The number of hydrogen-bond donors (Lipinski definition) is 0. The monoisotopic (exact) mass is 268 g/mol. The third-order valence-corrected chi connectivity index (χ3v) is 3.10. The highest BCUT2D eigenvalue weighted by Gasteiger charge is 2.10. The van der Waals surface area contributed by atoms with Crippen molar-refractivity contribution >= 4 is 11.7 Å². The Morgan fingerprint density at radius 2 is 1.85 bits per heavy atom. The van der Waals surface area contributed by atoms with Gasteiger partial charge < -0.3 is 9.64 Å². The van der Waals surface area contributed by atoms with Crippen molar-refractivity contribution in [3.8, 4) is 0 Å². The lowest BCUT2D eigenvalue weighted by molar-refractivity contribution is -0.140. The summed E-state index contributed by atoms with van der Waals surface area (Å²) in [6.45, 7) is 1.40. The average Bonchev–Trinajstić information content (AvgIpc) is 2.53. The van der Waals surface area contributed by atoms with Gasteiger partial charge in [-0.05, 0) is 23.8 Å². The Kier molecular flexibility index (Phi) is 5.18. The van der Waals surface area contributed by atoms with E-state index in [4.69, 9.17) is 4.74 Å². The molecule has 0 saturated carbocycles. The van der Waals surface area contributed by atoms with Gasteiger partial charge in [-0.25, -0.2) is 0 Å². The molecule has 0 aromatic heterocycles. The van der Waals surface area contributed by atoms with E-state index in [2.05, 4.69) is 23.1 Å². The maximum atomic E-state index is 11.3. The van der Waals surface area contributed by atoms with Gasteiger partial charge in [0.05, 0.1) is 13.5 Å².